The molecule has 0 aliphatic heterocycles. The normalized spacial score (nSPS) is 11.6. The summed E-state index contributed by atoms with van der Waals surface area (Å²) in [6, 6.07) is 192. The third kappa shape index (κ3) is 13.9. The summed E-state index contributed by atoms with van der Waals surface area (Å²) < 4.78 is 12.0. The van der Waals surface area contributed by atoms with Crippen LogP contribution >= 0.6 is 0 Å². The number of hydrogen-bond acceptors (Lipinski definition) is 0. The van der Waals surface area contributed by atoms with Gasteiger partial charge in [0.2, 0.25) is 0 Å². The zero-order chi connectivity index (χ0) is 90.4. The Kier molecular flexibility index (Phi) is 19.6. The van der Waals surface area contributed by atoms with Crippen molar-refractivity contribution in [2.24, 2.45) is 0 Å². The fourth-order valence-electron chi connectivity index (χ4n) is 21.6. The first-order valence-corrected chi connectivity index (χ1v) is 47.2. The number of benzene rings is 23. The van der Waals surface area contributed by atoms with Crippen molar-refractivity contribution in [1.82, 2.24) is 22.8 Å². The fraction of sp³-hybridized carbons (Fsp3) is 0. The van der Waals surface area contributed by atoms with Crippen LogP contribution in [0.4, 0.5) is 0 Å². The van der Waals surface area contributed by atoms with E-state index >= 15 is 0 Å². The molecule has 0 N–H and O–H groups in total. The molecule has 0 radical (unpaired) electrons. The summed E-state index contributed by atoms with van der Waals surface area (Å²) in [6.07, 6.45) is 0. The van der Waals surface area contributed by atoms with Gasteiger partial charge in [0.05, 0.1) is 55.2 Å². The van der Waals surface area contributed by atoms with Gasteiger partial charge in [0.1, 0.15) is 0 Å². The highest BCUT2D eigenvalue weighted by molar-refractivity contribution is 6.26. The Balaban J connectivity index is 0.000000108. The van der Waals surface area contributed by atoms with Crippen molar-refractivity contribution in [2.75, 3.05) is 0 Å². The molecule has 0 amide bonds. The van der Waals surface area contributed by atoms with Gasteiger partial charge in [-0.3, -0.25) is 0 Å². The van der Waals surface area contributed by atoms with E-state index in [-0.39, 0.29) is 0 Å². The lowest BCUT2D eigenvalue weighted by molar-refractivity contribution is 1.18. The van der Waals surface area contributed by atoms with Crippen LogP contribution in [0.25, 0.3) is 248 Å². The van der Waals surface area contributed by atoms with Crippen LogP contribution in [-0.2, 0) is 0 Å². The van der Waals surface area contributed by atoms with Crippen LogP contribution < -0.4 is 0 Å². The Morgan fingerprint density at radius 3 is 0.562 bits per heavy atom. The lowest BCUT2D eigenvalue weighted by atomic mass is 9.92. The third-order valence-corrected chi connectivity index (χ3v) is 28.0. The van der Waals surface area contributed by atoms with E-state index in [1.54, 1.807) is 0 Å². The second kappa shape index (κ2) is 33.6. The van der Waals surface area contributed by atoms with Gasteiger partial charge in [-0.25, -0.2) is 0 Å². The monoisotopic (exact) mass is 1740 g/mol. The molecule has 0 unspecified atom stereocenters. The van der Waals surface area contributed by atoms with Gasteiger partial charge in [0.25, 0.3) is 0 Å². The minimum Gasteiger partial charge on any atom is -0.309 e. The molecule has 0 aliphatic carbocycles. The van der Waals surface area contributed by atoms with Crippen molar-refractivity contribution in [3.63, 3.8) is 0 Å². The van der Waals surface area contributed by atoms with Crippen LogP contribution in [0, 0.1) is 0 Å². The summed E-state index contributed by atoms with van der Waals surface area (Å²) in [5, 5.41) is 20.4. The van der Waals surface area contributed by atoms with E-state index in [0.29, 0.717) is 0 Å². The van der Waals surface area contributed by atoms with Crippen molar-refractivity contribution < 1.29 is 0 Å². The van der Waals surface area contributed by atoms with Crippen LogP contribution in [0.15, 0.2) is 528 Å². The van der Waals surface area contributed by atoms with Gasteiger partial charge in [-0.1, -0.05) is 370 Å². The van der Waals surface area contributed by atoms with Gasteiger partial charge in [-0.2, -0.15) is 0 Å². The second-order valence-corrected chi connectivity index (χ2v) is 35.8. The first kappa shape index (κ1) is 79.8. The first-order valence-electron chi connectivity index (χ1n) is 47.2. The lowest BCUT2D eigenvalue weighted by Crippen LogP contribution is -1.95. The molecule has 0 fully saturated rings. The van der Waals surface area contributed by atoms with E-state index in [0.717, 1.165) is 17.1 Å². The molecule has 5 heteroatoms. The predicted molar refractivity (Wildman–Crippen MR) is 582 cm³/mol. The average molecular weight is 1740 g/mol. The Hall–Kier alpha value is -18.2. The van der Waals surface area contributed by atoms with Crippen molar-refractivity contribution in [3.8, 4) is 106 Å². The molecule has 0 spiro atoms. The maximum atomic E-state index is 2.43. The minimum atomic E-state index is 1.15. The molecule has 5 aromatic heterocycles. The van der Waals surface area contributed by atoms with Gasteiger partial charge in [0, 0.05) is 82.3 Å². The largest absolute Gasteiger partial charge is 0.309 e. The van der Waals surface area contributed by atoms with E-state index in [2.05, 4.69) is 551 Å². The van der Waals surface area contributed by atoms with Crippen molar-refractivity contribution in [3.05, 3.63) is 528 Å². The first-order chi connectivity index (χ1) is 68.0. The van der Waals surface area contributed by atoms with E-state index in [1.807, 2.05) is 0 Å². The Bertz CT molecular complexity index is 9520. The van der Waals surface area contributed by atoms with Gasteiger partial charge in [0.15, 0.2) is 0 Å². The van der Waals surface area contributed by atoms with Gasteiger partial charge in [-0.15, -0.1) is 0 Å². The number of aromatic nitrogens is 5. The quantitative estimate of drug-likeness (QED) is 0.109. The Morgan fingerprint density at radius 1 is 0.0803 bits per heavy atom. The Labute approximate surface area is 792 Å². The molecule has 5 nitrogen and oxygen atoms in total. The van der Waals surface area contributed by atoms with Crippen LogP contribution in [-0.4, -0.2) is 22.8 Å². The highest BCUT2D eigenvalue weighted by Gasteiger charge is 2.23. The van der Waals surface area contributed by atoms with Crippen LogP contribution in [0.5, 0.6) is 0 Å². The number of hydrogen-bond donors (Lipinski definition) is 0. The highest BCUT2D eigenvalue weighted by atomic mass is 15.0. The number of para-hydroxylation sites is 6. The summed E-state index contributed by atoms with van der Waals surface area (Å²) >= 11 is 0. The molecule has 5 heterocycles. The molecule has 23 aromatic carbocycles. The Morgan fingerprint density at radius 2 is 0.255 bits per heavy atom. The average Bonchev–Trinajstić information content (AvgIpc) is 1.63. The summed E-state index contributed by atoms with van der Waals surface area (Å²) in [6.45, 7) is 0. The second-order valence-electron chi connectivity index (χ2n) is 35.8. The smallest absolute Gasteiger partial charge is 0.0547 e. The number of nitrogens with zero attached hydrogens (tertiary/aromatic N) is 5. The maximum Gasteiger partial charge on any atom is 0.0547 e. The zero-order valence-electron chi connectivity index (χ0n) is 75.0. The molecule has 0 aliphatic rings. The zero-order valence-corrected chi connectivity index (χ0v) is 75.0. The standard InChI is InChI=1S/2C48H32N2.C36H23N/c1-4-13-33(14-5-1)35-17-12-20-40(29-35)50-45-22-11-10-21-41(45)43-30-36(25-28-47(43)50)37-24-27-46-44(31-37)42-26-23-38(34-15-6-2-7-16-34)32-48(42)49(46)39-18-8-3-9-19-39;1-4-13-33(14-5-1)35-17-12-20-40(29-35)50-47-28-25-37(31-44(47)42-26-23-38(32-48(42)50)34-15-6-2-7-16-34)36-24-27-46-43(30-36)41-21-10-11-22-45(41)49(46)39-18-8-3-9-19-39;1-2-10-26(11-3-1)37-35-17-9-8-16-32(35)34-23-25(19-21-36(34)37)24-18-20-31-29-14-5-4-12-27(29)28-13-6-7-15-30(28)33(31)22-24/h2*1-32H;1-23H. The summed E-state index contributed by atoms with van der Waals surface area (Å²) in [5.41, 5.74) is 35.0. The van der Waals surface area contributed by atoms with Crippen molar-refractivity contribution in [2.45, 2.75) is 0 Å². The maximum absolute atomic E-state index is 2.43. The molecule has 0 atom stereocenters. The van der Waals surface area contributed by atoms with Crippen LogP contribution in [0.1, 0.15) is 0 Å². The fourth-order valence-corrected chi connectivity index (χ4v) is 21.6. The van der Waals surface area contributed by atoms with Gasteiger partial charge >= 0.3 is 0 Å². The van der Waals surface area contributed by atoms with Gasteiger partial charge < -0.3 is 22.8 Å². The summed E-state index contributed by atoms with van der Waals surface area (Å²) in [7, 11) is 0. The molecule has 137 heavy (non-hydrogen) atoms. The highest BCUT2D eigenvalue weighted by Crippen LogP contribution is 2.46. The van der Waals surface area contributed by atoms with Crippen LogP contribution in [0.2, 0.25) is 0 Å². The number of fused-ring (bicyclic) bond motifs is 21. The molecule has 0 saturated carbocycles. The molecule has 0 saturated heterocycles. The summed E-state index contributed by atoms with van der Waals surface area (Å²) in [5.74, 6) is 0. The van der Waals surface area contributed by atoms with E-state index in [4.69, 9.17) is 0 Å². The topological polar surface area (TPSA) is 24.6 Å². The molecular formula is C132H87N5. The minimum absolute atomic E-state index is 1.15. The lowest BCUT2D eigenvalue weighted by Gasteiger charge is -2.12. The van der Waals surface area contributed by atoms with Crippen molar-refractivity contribution in [1.29, 1.82) is 0 Å². The van der Waals surface area contributed by atoms with Crippen LogP contribution in [0.3, 0.4) is 0 Å². The molecule has 28 rings (SSSR count). The SMILES string of the molecule is c1ccc(-c2cccc(-n3c4ccc(-c5ccc6c(c5)c5ccccc5n6-c5ccccc5)cc4c4ccc(-c5ccccc5)cc43)c2)cc1.c1ccc(-c2cccc(-n3c4ccccc4c4cc(-c5ccc6c(c5)c5ccc(-c7ccccc7)cc5n6-c5ccccc5)ccc43)c2)cc1.c1ccc(-n2c3ccccc3c3cc(-c4ccc5c6ccccc6c6ccccc6c5c4)ccc32)cc1. The molecule has 28 aromatic rings. The van der Waals surface area contributed by atoms with E-state index in [9.17, 15) is 0 Å². The molecular weight excluding hydrogens is 1660 g/mol. The molecule has 640 valence electrons. The van der Waals surface area contributed by atoms with E-state index in [1.165, 1.54) is 231 Å². The summed E-state index contributed by atoms with van der Waals surface area (Å²) in [4.78, 5) is 0. The van der Waals surface area contributed by atoms with Crippen molar-refractivity contribution >= 4 is 141 Å². The van der Waals surface area contributed by atoms with Gasteiger partial charge in [-0.05, 0) is 268 Å². The molecule has 0 bridgehead atoms. The van der Waals surface area contributed by atoms with E-state index < -0.39 is 0 Å². The third-order valence-electron chi connectivity index (χ3n) is 28.0. The predicted octanol–water partition coefficient (Wildman–Crippen LogP) is 35.7. The number of rotatable bonds is 12.